The molecule has 4 nitrogen and oxygen atoms in total. The second kappa shape index (κ2) is 6.41. The van der Waals surface area contributed by atoms with Crippen molar-refractivity contribution in [3.8, 4) is 5.75 Å². The zero-order valence-electron chi connectivity index (χ0n) is 10.7. The Balaban J connectivity index is 2.96. The summed E-state index contributed by atoms with van der Waals surface area (Å²) in [6, 6.07) is 5.31. The molecule has 1 rings (SSSR count). The van der Waals surface area contributed by atoms with Gasteiger partial charge in [-0.2, -0.15) is 0 Å². The summed E-state index contributed by atoms with van der Waals surface area (Å²) in [4.78, 5) is 0. The Morgan fingerprint density at radius 2 is 2.11 bits per heavy atom. The van der Waals surface area contributed by atoms with Gasteiger partial charge < -0.3 is 4.74 Å². The summed E-state index contributed by atoms with van der Waals surface area (Å²) in [5.74, 6) is 0.654. The number of benzene rings is 1. The minimum absolute atomic E-state index is 0.0764. The fourth-order valence-corrected chi connectivity index (χ4v) is 3.28. The normalized spacial score (nSPS) is 13.3. The van der Waals surface area contributed by atoms with Gasteiger partial charge >= 0.3 is 0 Å². The van der Waals surface area contributed by atoms with E-state index in [0.717, 1.165) is 11.1 Å². The van der Waals surface area contributed by atoms with Gasteiger partial charge in [-0.15, -0.1) is 11.6 Å². The number of rotatable bonds is 6. The number of hydrogen-bond acceptors (Lipinski definition) is 3. The van der Waals surface area contributed by atoms with Crippen LogP contribution in [-0.4, -0.2) is 27.2 Å². The van der Waals surface area contributed by atoms with Crippen LogP contribution in [0.5, 0.6) is 5.75 Å². The molecule has 6 heteroatoms. The zero-order valence-corrected chi connectivity index (χ0v) is 12.3. The summed E-state index contributed by atoms with van der Waals surface area (Å²) in [5.41, 5.74) is 1.87. The first kappa shape index (κ1) is 15.3. The van der Waals surface area contributed by atoms with Gasteiger partial charge in [0.1, 0.15) is 5.75 Å². The van der Waals surface area contributed by atoms with Crippen molar-refractivity contribution in [1.29, 1.82) is 0 Å². The number of alkyl halides is 1. The zero-order chi connectivity index (χ0) is 13.8. The van der Waals surface area contributed by atoms with Crippen LogP contribution < -0.4 is 9.46 Å². The summed E-state index contributed by atoms with van der Waals surface area (Å²) in [7, 11) is -1.79. The Bertz CT molecular complexity index is 502. The van der Waals surface area contributed by atoms with E-state index in [1.165, 1.54) is 0 Å². The summed E-state index contributed by atoms with van der Waals surface area (Å²) in [6.07, 6.45) is 0. The Kier molecular flexibility index (Phi) is 5.44. The van der Waals surface area contributed by atoms with Crippen molar-refractivity contribution < 1.29 is 13.2 Å². The standard InChI is InChI=1S/C12H18ClNO3S/c1-9-4-5-12(17-3)11(8-9)10(2)14-18(15,16)7-6-13/h4-5,8,10,14H,6-7H2,1-3H3. The van der Waals surface area contributed by atoms with Crippen molar-refractivity contribution in [2.75, 3.05) is 18.7 Å². The fraction of sp³-hybridized carbons (Fsp3) is 0.500. The molecular formula is C12H18ClNO3S. The molecular weight excluding hydrogens is 274 g/mol. The molecule has 0 spiro atoms. The molecule has 1 N–H and O–H groups in total. The van der Waals surface area contributed by atoms with Gasteiger partial charge in [-0.1, -0.05) is 17.7 Å². The molecule has 0 heterocycles. The molecule has 18 heavy (non-hydrogen) atoms. The number of halogens is 1. The highest BCUT2D eigenvalue weighted by Crippen LogP contribution is 2.26. The molecule has 0 fully saturated rings. The maximum atomic E-state index is 11.7. The molecule has 1 unspecified atom stereocenters. The molecule has 1 aromatic carbocycles. The predicted octanol–water partition coefficient (Wildman–Crippen LogP) is 2.22. The van der Waals surface area contributed by atoms with Gasteiger partial charge in [0.2, 0.25) is 10.0 Å². The Hall–Kier alpha value is -0.780. The minimum atomic E-state index is -3.35. The predicted molar refractivity (Wildman–Crippen MR) is 73.8 cm³/mol. The van der Waals surface area contributed by atoms with E-state index in [1.54, 1.807) is 14.0 Å². The van der Waals surface area contributed by atoms with Gasteiger partial charge in [0.15, 0.2) is 0 Å². The number of aryl methyl sites for hydroxylation is 1. The van der Waals surface area contributed by atoms with Gasteiger partial charge in [0.05, 0.1) is 12.9 Å². The van der Waals surface area contributed by atoms with E-state index in [2.05, 4.69) is 4.72 Å². The molecule has 0 bridgehead atoms. The van der Waals surface area contributed by atoms with Gasteiger partial charge in [0, 0.05) is 17.5 Å². The average molecular weight is 292 g/mol. The van der Waals surface area contributed by atoms with Crippen LogP contribution in [0.2, 0.25) is 0 Å². The number of methoxy groups -OCH3 is 1. The van der Waals surface area contributed by atoms with E-state index >= 15 is 0 Å². The van der Waals surface area contributed by atoms with Crippen LogP contribution in [0, 0.1) is 6.92 Å². The highest BCUT2D eigenvalue weighted by Gasteiger charge is 2.18. The van der Waals surface area contributed by atoms with E-state index in [0.29, 0.717) is 5.75 Å². The van der Waals surface area contributed by atoms with Crippen LogP contribution in [0.25, 0.3) is 0 Å². The lowest BCUT2D eigenvalue weighted by Gasteiger charge is -2.17. The Labute approximate surface area is 113 Å². The highest BCUT2D eigenvalue weighted by atomic mass is 35.5. The first-order valence-corrected chi connectivity index (χ1v) is 7.79. The topological polar surface area (TPSA) is 55.4 Å². The van der Waals surface area contributed by atoms with Crippen LogP contribution in [-0.2, 0) is 10.0 Å². The highest BCUT2D eigenvalue weighted by molar-refractivity contribution is 7.89. The van der Waals surface area contributed by atoms with Gasteiger partial charge in [0.25, 0.3) is 0 Å². The quantitative estimate of drug-likeness (QED) is 0.818. The molecule has 102 valence electrons. The molecule has 0 radical (unpaired) electrons. The SMILES string of the molecule is COc1ccc(C)cc1C(C)NS(=O)(=O)CCCl. The molecule has 0 aliphatic heterocycles. The summed E-state index contributed by atoms with van der Waals surface area (Å²) < 4.78 is 31.1. The third kappa shape index (κ3) is 4.15. The lowest BCUT2D eigenvalue weighted by atomic mass is 10.1. The van der Waals surface area contributed by atoms with Crippen LogP contribution in [0.4, 0.5) is 0 Å². The minimum Gasteiger partial charge on any atom is -0.496 e. The molecule has 0 saturated heterocycles. The van der Waals surface area contributed by atoms with Crippen molar-refractivity contribution in [2.45, 2.75) is 19.9 Å². The Morgan fingerprint density at radius 3 is 2.67 bits per heavy atom. The van der Waals surface area contributed by atoms with Crippen LogP contribution in [0.15, 0.2) is 18.2 Å². The van der Waals surface area contributed by atoms with Crippen LogP contribution >= 0.6 is 11.6 Å². The van der Waals surface area contributed by atoms with Crippen molar-refractivity contribution in [3.05, 3.63) is 29.3 Å². The van der Waals surface area contributed by atoms with Gasteiger partial charge in [-0.25, -0.2) is 13.1 Å². The Morgan fingerprint density at radius 1 is 1.44 bits per heavy atom. The van der Waals surface area contributed by atoms with Crippen molar-refractivity contribution in [2.24, 2.45) is 0 Å². The third-order valence-corrected chi connectivity index (χ3v) is 4.42. The van der Waals surface area contributed by atoms with Crippen LogP contribution in [0.3, 0.4) is 0 Å². The summed E-state index contributed by atoms with van der Waals surface area (Å²) >= 11 is 5.46. The summed E-state index contributed by atoms with van der Waals surface area (Å²) in [6.45, 7) is 3.73. The van der Waals surface area contributed by atoms with Gasteiger partial charge in [-0.3, -0.25) is 0 Å². The van der Waals surface area contributed by atoms with Crippen molar-refractivity contribution in [3.63, 3.8) is 0 Å². The summed E-state index contributed by atoms with van der Waals surface area (Å²) in [5, 5.41) is 0. The first-order chi connectivity index (χ1) is 8.39. The maximum absolute atomic E-state index is 11.7. The molecule has 0 aliphatic carbocycles. The molecule has 1 aromatic rings. The molecule has 0 saturated carbocycles. The van der Waals surface area contributed by atoms with Crippen molar-refractivity contribution >= 4 is 21.6 Å². The van der Waals surface area contributed by atoms with Crippen molar-refractivity contribution in [1.82, 2.24) is 4.72 Å². The van der Waals surface area contributed by atoms with E-state index in [-0.39, 0.29) is 17.7 Å². The number of hydrogen-bond donors (Lipinski definition) is 1. The van der Waals surface area contributed by atoms with Gasteiger partial charge in [-0.05, 0) is 19.9 Å². The lowest BCUT2D eigenvalue weighted by molar-refractivity contribution is 0.405. The monoisotopic (exact) mass is 291 g/mol. The smallest absolute Gasteiger partial charge is 0.213 e. The number of ether oxygens (including phenoxy) is 1. The van der Waals surface area contributed by atoms with E-state index in [9.17, 15) is 8.42 Å². The molecule has 1 atom stereocenters. The number of sulfonamides is 1. The first-order valence-electron chi connectivity index (χ1n) is 5.60. The van der Waals surface area contributed by atoms with E-state index in [1.807, 2.05) is 25.1 Å². The molecule has 0 aliphatic rings. The number of nitrogens with one attached hydrogen (secondary N) is 1. The molecule has 0 aromatic heterocycles. The third-order valence-electron chi connectivity index (χ3n) is 2.55. The largest absolute Gasteiger partial charge is 0.496 e. The second-order valence-corrected chi connectivity index (χ2v) is 6.34. The molecule has 0 amide bonds. The second-order valence-electron chi connectivity index (χ2n) is 4.09. The van der Waals surface area contributed by atoms with E-state index in [4.69, 9.17) is 16.3 Å². The van der Waals surface area contributed by atoms with E-state index < -0.39 is 10.0 Å². The maximum Gasteiger partial charge on any atom is 0.213 e. The lowest BCUT2D eigenvalue weighted by Crippen LogP contribution is -2.30. The average Bonchev–Trinajstić information content (AvgIpc) is 2.28. The van der Waals surface area contributed by atoms with Crippen LogP contribution in [0.1, 0.15) is 24.1 Å². The fourth-order valence-electron chi connectivity index (χ4n) is 1.69.